The molecule has 3 aromatic carbocycles. The maximum atomic E-state index is 14.9. The van der Waals surface area contributed by atoms with Gasteiger partial charge in [0.2, 0.25) is 0 Å². The molecule has 3 N–H and O–H groups in total. The summed E-state index contributed by atoms with van der Waals surface area (Å²) >= 11 is 6.18. The molecule has 1 aliphatic rings. The molecule has 2 amide bonds. The summed E-state index contributed by atoms with van der Waals surface area (Å²) in [5.74, 6) is -3.21. The molecular weight excluding hydrogens is 517 g/mol. The summed E-state index contributed by atoms with van der Waals surface area (Å²) in [6.45, 7) is 0.747. The zero-order valence-corrected chi connectivity index (χ0v) is 20.0. The minimum absolute atomic E-state index is 0.0500. The number of amides is 2. The number of nitrogens with two attached hydrogens (primary N) is 1. The highest BCUT2D eigenvalue weighted by molar-refractivity contribution is 6.34. The Balaban J connectivity index is 1.62. The third-order valence-electron chi connectivity index (χ3n) is 6.06. The van der Waals surface area contributed by atoms with Crippen molar-refractivity contribution in [2.24, 2.45) is 0 Å². The lowest BCUT2D eigenvalue weighted by Crippen LogP contribution is -2.36. The number of nitrogens with zero attached hydrogens (tertiary/aromatic N) is 1. The van der Waals surface area contributed by atoms with Crippen molar-refractivity contribution in [1.82, 2.24) is 4.90 Å². The second-order valence-corrected chi connectivity index (χ2v) is 9.02. The number of nitrogens with one attached hydrogen (secondary N) is 1. The van der Waals surface area contributed by atoms with Gasteiger partial charge in [0, 0.05) is 35.6 Å². The van der Waals surface area contributed by atoms with E-state index in [1.54, 1.807) is 0 Å². The number of carbonyl (C=O) groups excluding carboxylic acids is 2. The Morgan fingerprint density at radius 2 is 1.59 bits per heavy atom. The highest BCUT2D eigenvalue weighted by atomic mass is 35.5. The van der Waals surface area contributed by atoms with E-state index in [0.717, 1.165) is 36.8 Å². The number of halogens is 6. The molecule has 1 aliphatic heterocycles. The summed E-state index contributed by atoms with van der Waals surface area (Å²) in [5, 5.41) is 2.07. The third-order valence-corrected chi connectivity index (χ3v) is 6.37. The lowest BCUT2D eigenvalue weighted by Gasteiger charge is -2.28. The van der Waals surface area contributed by atoms with Crippen molar-refractivity contribution in [3.05, 3.63) is 81.9 Å². The zero-order chi connectivity index (χ0) is 26.9. The number of hydrogen-bond donors (Lipinski definition) is 2. The van der Waals surface area contributed by atoms with Gasteiger partial charge >= 0.3 is 6.18 Å². The Hall–Kier alpha value is -3.66. The molecule has 194 valence electrons. The molecule has 4 rings (SSSR count). The first-order valence-electron chi connectivity index (χ1n) is 11.3. The fourth-order valence-corrected chi connectivity index (χ4v) is 4.46. The maximum Gasteiger partial charge on any atom is 0.417 e. The van der Waals surface area contributed by atoms with Gasteiger partial charge in [0.25, 0.3) is 11.8 Å². The highest BCUT2D eigenvalue weighted by Crippen LogP contribution is 2.36. The average molecular weight is 538 g/mol. The van der Waals surface area contributed by atoms with Gasteiger partial charge in [0.15, 0.2) is 0 Å². The Morgan fingerprint density at radius 3 is 2.24 bits per heavy atom. The fraction of sp³-hybridized carbons (Fsp3) is 0.231. The minimum Gasteiger partial charge on any atom is -0.398 e. The normalized spacial score (nSPS) is 13.9. The molecule has 0 unspecified atom stereocenters. The number of likely N-dealkylation sites (tertiary alicyclic amines) is 1. The smallest absolute Gasteiger partial charge is 0.398 e. The van der Waals surface area contributed by atoms with E-state index in [9.17, 15) is 31.5 Å². The van der Waals surface area contributed by atoms with Crippen LogP contribution in [0.3, 0.4) is 0 Å². The third kappa shape index (κ3) is 5.69. The molecule has 0 atom stereocenters. The van der Waals surface area contributed by atoms with Crippen LogP contribution in [0.5, 0.6) is 0 Å². The Bertz CT molecular complexity index is 1370. The number of alkyl halides is 3. The topological polar surface area (TPSA) is 75.4 Å². The van der Waals surface area contributed by atoms with Crippen molar-refractivity contribution < 1.29 is 31.5 Å². The summed E-state index contributed by atoms with van der Waals surface area (Å²) < 4.78 is 69.6. The molecule has 37 heavy (non-hydrogen) atoms. The Labute approximate surface area is 214 Å². The molecule has 1 saturated heterocycles. The molecule has 0 bridgehead atoms. The highest BCUT2D eigenvalue weighted by Gasteiger charge is 2.37. The van der Waals surface area contributed by atoms with Gasteiger partial charge in [-0.3, -0.25) is 9.59 Å². The van der Waals surface area contributed by atoms with Gasteiger partial charge in [-0.2, -0.15) is 13.2 Å². The van der Waals surface area contributed by atoms with E-state index in [0.29, 0.717) is 32.0 Å². The first-order chi connectivity index (χ1) is 17.5. The predicted octanol–water partition coefficient (Wildman–Crippen LogP) is 6.76. The van der Waals surface area contributed by atoms with Crippen LogP contribution in [0.4, 0.5) is 33.3 Å². The van der Waals surface area contributed by atoms with Crippen molar-refractivity contribution in [3.8, 4) is 11.1 Å². The predicted molar refractivity (Wildman–Crippen MR) is 130 cm³/mol. The summed E-state index contributed by atoms with van der Waals surface area (Å²) in [6.07, 6.45) is -2.53. The van der Waals surface area contributed by atoms with Gasteiger partial charge in [-0.15, -0.1) is 0 Å². The van der Waals surface area contributed by atoms with Gasteiger partial charge in [-0.05, 0) is 67.8 Å². The summed E-state index contributed by atoms with van der Waals surface area (Å²) in [5.41, 5.74) is 3.46. The molecule has 0 spiro atoms. The van der Waals surface area contributed by atoms with E-state index in [4.69, 9.17) is 17.3 Å². The standard InChI is InChI=1S/C26H21ClF5N3O2/c27-21-12-18(16-6-4-14(28)10-23(16)33)22(29)13-19(21)24(36)34-15-5-7-17(20(11-15)26(30,31)32)25(37)35-8-2-1-3-9-35/h4-7,10-13H,1-3,8-9,33H2,(H,34,36). The number of nitrogen functional groups attached to an aromatic ring is 1. The second-order valence-electron chi connectivity index (χ2n) is 8.61. The Kier molecular flexibility index (Phi) is 7.40. The number of rotatable bonds is 4. The monoisotopic (exact) mass is 537 g/mol. The van der Waals surface area contributed by atoms with Crippen LogP contribution in [0.1, 0.15) is 45.5 Å². The van der Waals surface area contributed by atoms with Crippen molar-refractivity contribution in [1.29, 1.82) is 0 Å². The number of hydrogen-bond acceptors (Lipinski definition) is 3. The molecule has 5 nitrogen and oxygen atoms in total. The van der Waals surface area contributed by atoms with E-state index in [1.807, 2.05) is 0 Å². The van der Waals surface area contributed by atoms with E-state index in [-0.39, 0.29) is 33.1 Å². The van der Waals surface area contributed by atoms with Gasteiger partial charge in [-0.25, -0.2) is 8.78 Å². The molecule has 11 heteroatoms. The van der Waals surface area contributed by atoms with Crippen molar-refractivity contribution in [2.75, 3.05) is 24.1 Å². The van der Waals surface area contributed by atoms with Gasteiger partial charge in [0.05, 0.1) is 21.7 Å². The number of benzene rings is 3. The van der Waals surface area contributed by atoms with Crippen LogP contribution in [0.25, 0.3) is 11.1 Å². The van der Waals surface area contributed by atoms with Crippen LogP contribution in [0.15, 0.2) is 48.5 Å². The van der Waals surface area contributed by atoms with Crippen LogP contribution in [-0.2, 0) is 6.18 Å². The van der Waals surface area contributed by atoms with Crippen LogP contribution < -0.4 is 11.1 Å². The average Bonchev–Trinajstić information content (AvgIpc) is 2.85. The lowest BCUT2D eigenvalue weighted by atomic mass is 10.0. The molecule has 0 aromatic heterocycles. The largest absolute Gasteiger partial charge is 0.417 e. The SMILES string of the molecule is Nc1cc(F)ccc1-c1cc(Cl)c(C(=O)Nc2ccc(C(=O)N3CCCCC3)c(C(F)(F)F)c2)cc1F. The zero-order valence-electron chi connectivity index (χ0n) is 19.3. The van der Waals surface area contributed by atoms with Crippen LogP contribution in [-0.4, -0.2) is 29.8 Å². The molecule has 1 fully saturated rings. The van der Waals surface area contributed by atoms with Crippen molar-refractivity contribution >= 4 is 34.8 Å². The quantitative estimate of drug-likeness (QED) is 0.285. The molecule has 0 aliphatic carbocycles. The van der Waals surface area contributed by atoms with Gasteiger partial charge in [0.1, 0.15) is 11.6 Å². The minimum atomic E-state index is -4.86. The number of piperidine rings is 1. The van der Waals surface area contributed by atoms with Crippen molar-refractivity contribution in [2.45, 2.75) is 25.4 Å². The van der Waals surface area contributed by atoms with Crippen LogP contribution >= 0.6 is 11.6 Å². The van der Waals surface area contributed by atoms with E-state index < -0.39 is 40.8 Å². The summed E-state index contributed by atoms with van der Waals surface area (Å²) in [4.78, 5) is 26.9. The second kappa shape index (κ2) is 10.4. The molecule has 3 aromatic rings. The molecule has 1 heterocycles. The van der Waals surface area contributed by atoms with Gasteiger partial charge < -0.3 is 16.0 Å². The maximum absolute atomic E-state index is 14.9. The lowest BCUT2D eigenvalue weighted by molar-refractivity contribution is -0.138. The van der Waals surface area contributed by atoms with E-state index >= 15 is 0 Å². The summed E-state index contributed by atoms with van der Waals surface area (Å²) in [6, 6.07) is 8.11. The van der Waals surface area contributed by atoms with E-state index in [2.05, 4.69) is 5.32 Å². The van der Waals surface area contributed by atoms with Crippen LogP contribution in [0, 0.1) is 11.6 Å². The summed E-state index contributed by atoms with van der Waals surface area (Å²) in [7, 11) is 0. The fourth-order valence-electron chi connectivity index (χ4n) is 4.21. The number of carbonyl (C=O) groups is 2. The van der Waals surface area contributed by atoms with Crippen molar-refractivity contribution in [3.63, 3.8) is 0 Å². The number of anilines is 2. The first-order valence-corrected chi connectivity index (χ1v) is 11.7. The molecule has 0 radical (unpaired) electrons. The van der Waals surface area contributed by atoms with Crippen LogP contribution in [0.2, 0.25) is 5.02 Å². The molecular formula is C26H21ClF5N3O2. The van der Waals surface area contributed by atoms with E-state index in [1.165, 1.54) is 17.0 Å². The Morgan fingerprint density at radius 1 is 0.892 bits per heavy atom. The first kappa shape index (κ1) is 26.4. The molecule has 0 saturated carbocycles. The van der Waals surface area contributed by atoms with Gasteiger partial charge in [-0.1, -0.05) is 11.6 Å².